The lowest BCUT2D eigenvalue weighted by molar-refractivity contribution is -0.119. The van der Waals surface area contributed by atoms with E-state index in [-0.39, 0.29) is 17.8 Å². The predicted molar refractivity (Wildman–Crippen MR) is 111 cm³/mol. The second-order valence-electron chi connectivity index (χ2n) is 7.72. The van der Waals surface area contributed by atoms with Gasteiger partial charge in [-0.15, -0.1) is 0 Å². The number of carbonyl (C=O) groups excluding carboxylic acids is 1. The number of nitriles is 1. The quantitative estimate of drug-likeness (QED) is 0.710. The van der Waals surface area contributed by atoms with E-state index in [0.717, 1.165) is 69.6 Å². The molecule has 29 heavy (non-hydrogen) atoms. The van der Waals surface area contributed by atoms with E-state index in [1.807, 2.05) is 0 Å². The van der Waals surface area contributed by atoms with E-state index in [9.17, 15) is 10.1 Å². The molecule has 0 spiro atoms. The van der Waals surface area contributed by atoms with Crippen LogP contribution in [0.15, 0.2) is 5.03 Å². The van der Waals surface area contributed by atoms with E-state index in [0.29, 0.717) is 30.3 Å². The van der Waals surface area contributed by atoms with Crippen LogP contribution in [0.25, 0.3) is 0 Å². The van der Waals surface area contributed by atoms with Crippen LogP contribution in [-0.4, -0.2) is 62.2 Å². The number of hydrogen-bond acceptors (Lipinski definition) is 7. The number of nitrogens with zero attached hydrogens (tertiary/aromatic N) is 3. The highest BCUT2D eigenvalue weighted by atomic mass is 32.2. The summed E-state index contributed by atoms with van der Waals surface area (Å²) in [6, 6.07) is 2.38. The third-order valence-corrected chi connectivity index (χ3v) is 6.75. The smallest absolute Gasteiger partial charge is 0.230 e. The molecular weight excluding hydrogens is 388 g/mol. The van der Waals surface area contributed by atoms with Gasteiger partial charge < -0.3 is 19.7 Å². The average Bonchev–Trinajstić information content (AvgIpc) is 3.29. The third-order valence-electron chi connectivity index (χ3n) is 5.77. The van der Waals surface area contributed by atoms with Crippen molar-refractivity contribution in [2.24, 2.45) is 0 Å². The van der Waals surface area contributed by atoms with Crippen molar-refractivity contribution in [2.75, 3.05) is 50.1 Å². The topological polar surface area (TPSA) is 87.5 Å². The second-order valence-corrected chi connectivity index (χ2v) is 8.68. The molecule has 1 atom stereocenters. The van der Waals surface area contributed by atoms with E-state index in [1.54, 1.807) is 0 Å². The van der Waals surface area contributed by atoms with Crippen LogP contribution in [0.5, 0.6) is 0 Å². The van der Waals surface area contributed by atoms with Gasteiger partial charge in [0.2, 0.25) is 5.91 Å². The van der Waals surface area contributed by atoms with E-state index >= 15 is 0 Å². The average molecular weight is 417 g/mol. The van der Waals surface area contributed by atoms with Crippen molar-refractivity contribution in [1.82, 2.24) is 10.3 Å². The number of ether oxygens (including phenoxy) is 2. The van der Waals surface area contributed by atoms with Gasteiger partial charge in [0.25, 0.3) is 0 Å². The zero-order valence-electron chi connectivity index (χ0n) is 16.7. The van der Waals surface area contributed by atoms with Gasteiger partial charge in [-0.25, -0.2) is 4.98 Å². The van der Waals surface area contributed by atoms with Crippen molar-refractivity contribution in [1.29, 1.82) is 5.26 Å². The highest BCUT2D eigenvalue weighted by Crippen LogP contribution is 2.36. The summed E-state index contributed by atoms with van der Waals surface area (Å²) in [4.78, 5) is 19.5. The molecule has 3 heterocycles. The SMILES string of the molecule is N#Cc1c(SCC(=O)NC[C@H]2CCCO2)nc(N2CCOCC2)c2c1CCCC2. The Morgan fingerprint density at radius 3 is 2.72 bits per heavy atom. The lowest BCUT2D eigenvalue weighted by Crippen LogP contribution is -2.38. The summed E-state index contributed by atoms with van der Waals surface area (Å²) in [6.45, 7) is 4.37. The molecule has 3 aliphatic rings. The molecule has 156 valence electrons. The predicted octanol–water partition coefficient (Wildman–Crippen LogP) is 2.06. The summed E-state index contributed by atoms with van der Waals surface area (Å²) >= 11 is 1.37. The van der Waals surface area contributed by atoms with E-state index in [4.69, 9.17) is 14.5 Å². The molecule has 1 N–H and O–H groups in total. The minimum Gasteiger partial charge on any atom is -0.378 e. The van der Waals surface area contributed by atoms with Gasteiger partial charge in [-0.2, -0.15) is 5.26 Å². The zero-order chi connectivity index (χ0) is 20.1. The van der Waals surface area contributed by atoms with Gasteiger partial charge in [0, 0.05) is 26.2 Å². The Bertz CT molecular complexity index is 783. The maximum absolute atomic E-state index is 12.3. The third kappa shape index (κ3) is 4.85. The number of nitrogens with one attached hydrogen (secondary N) is 1. The van der Waals surface area contributed by atoms with Gasteiger partial charge in [0.1, 0.15) is 16.9 Å². The summed E-state index contributed by atoms with van der Waals surface area (Å²) in [5.41, 5.74) is 3.02. The molecular formula is C21H28N4O3S. The lowest BCUT2D eigenvalue weighted by atomic mass is 9.89. The fraction of sp³-hybridized carbons (Fsp3) is 0.667. The van der Waals surface area contributed by atoms with E-state index in [1.165, 1.54) is 17.3 Å². The normalized spacial score (nSPS) is 21.5. The molecule has 1 aliphatic carbocycles. The number of thioether (sulfide) groups is 1. The van der Waals surface area contributed by atoms with Crippen LogP contribution in [0.4, 0.5) is 5.82 Å². The van der Waals surface area contributed by atoms with Crippen LogP contribution in [0.1, 0.15) is 42.4 Å². The molecule has 7 nitrogen and oxygen atoms in total. The van der Waals surface area contributed by atoms with Crippen molar-refractivity contribution in [3.63, 3.8) is 0 Å². The highest BCUT2D eigenvalue weighted by molar-refractivity contribution is 8.00. The molecule has 2 fully saturated rings. The van der Waals surface area contributed by atoms with Crippen molar-refractivity contribution in [3.05, 3.63) is 16.7 Å². The number of anilines is 1. The molecule has 8 heteroatoms. The standard InChI is InChI=1S/C21H28N4O3S/c22-12-18-16-5-1-2-6-17(16)20(25-7-10-27-11-8-25)24-21(18)29-14-19(26)23-13-15-4-3-9-28-15/h15H,1-11,13-14H2,(H,23,26)/t15-/m1/s1. The largest absolute Gasteiger partial charge is 0.378 e. The first-order valence-corrected chi connectivity index (χ1v) is 11.5. The number of pyridine rings is 1. The first-order valence-electron chi connectivity index (χ1n) is 10.6. The van der Waals surface area contributed by atoms with E-state index in [2.05, 4.69) is 16.3 Å². The number of hydrogen-bond donors (Lipinski definition) is 1. The van der Waals surface area contributed by atoms with Gasteiger partial charge >= 0.3 is 0 Å². The first-order chi connectivity index (χ1) is 14.3. The highest BCUT2D eigenvalue weighted by Gasteiger charge is 2.26. The number of aromatic nitrogens is 1. The van der Waals surface area contributed by atoms with Crippen molar-refractivity contribution >= 4 is 23.5 Å². The summed E-state index contributed by atoms with van der Waals surface area (Å²) in [5.74, 6) is 1.21. The summed E-state index contributed by atoms with van der Waals surface area (Å²) in [5, 5.41) is 13.5. The van der Waals surface area contributed by atoms with Gasteiger partial charge in [-0.05, 0) is 49.7 Å². The molecule has 4 rings (SSSR count). The van der Waals surface area contributed by atoms with Crippen molar-refractivity contribution in [2.45, 2.75) is 49.7 Å². The van der Waals surface area contributed by atoms with Gasteiger partial charge in [-0.3, -0.25) is 4.79 Å². The Labute approximate surface area is 176 Å². The monoisotopic (exact) mass is 416 g/mol. The molecule has 2 saturated heterocycles. The molecule has 0 bridgehead atoms. The van der Waals surface area contributed by atoms with E-state index < -0.39 is 0 Å². The molecule has 0 radical (unpaired) electrons. The Morgan fingerprint density at radius 2 is 2.00 bits per heavy atom. The molecule has 0 aromatic carbocycles. The molecule has 1 aromatic heterocycles. The van der Waals surface area contributed by atoms with Gasteiger partial charge in [0.05, 0.1) is 30.6 Å². The Hall–Kier alpha value is -1.82. The molecule has 2 aliphatic heterocycles. The Morgan fingerprint density at radius 1 is 1.21 bits per heavy atom. The van der Waals surface area contributed by atoms with Crippen molar-refractivity contribution in [3.8, 4) is 6.07 Å². The maximum Gasteiger partial charge on any atom is 0.230 e. The number of morpholine rings is 1. The fourth-order valence-corrected chi connectivity index (χ4v) is 5.09. The Balaban J connectivity index is 1.50. The summed E-state index contributed by atoms with van der Waals surface area (Å²) in [7, 11) is 0. The minimum atomic E-state index is -0.0400. The van der Waals surface area contributed by atoms with Gasteiger partial charge in [0.15, 0.2) is 0 Å². The number of fused-ring (bicyclic) bond motifs is 1. The fourth-order valence-electron chi connectivity index (χ4n) is 4.25. The zero-order valence-corrected chi connectivity index (χ0v) is 17.6. The molecule has 0 unspecified atom stereocenters. The minimum absolute atomic E-state index is 0.0400. The number of rotatable bonds is 6. The molecule has 1 amide bonds. The summed E-state index contributed by atoms with van der Waals surface area (Å²) in [6.07, 6.45) is 6.31. The van der Waals surface area contributed by atoms with Crippen LogP contribution >= 0.6 is 11.8 Å². The number of carbonyl (C=O) groups is 1. The second kappa shape index (κ2) is 9.79. The molecule has 0 saturated carbocycles. The molecule has 1 aromatic rings. The van der Waals surface area contributed by atoms with Crippen LogP contribution in [0.2, 0.25) is 0 Å². The summed E-state index contributed by atoms with van der Waals surface area (Å²) < 4.78 is 11.1. The Kier molecular flexibility index (Phi) is 6.90. The number of amides is 1. The van der Waals surface area contributed by atoms with Crippen LogP contribution < -0.4 is 10.2 Å². The van der Waals surface area contributed by atoms with Gasteiger partial charge in [-0.1, -0.05) is 11.8 Å². The maximum atomic E-state index is 12.3. The van der Waals surface area contributed by atoms with Crippen LogP contribution in [0.3, 0.4) is 0 Å². The lowest BCUT2D eigenvalue weighted by Gasteiger charge is -2.32. The first kappa shape index (κ1) is 20.5. The van der Waals surface area contributed by atoms with Crippen molar-refractivity contribution < 1.29 is 14.3 Å². The van der Waals surface area contributed by atoms with Crippen LogP contribution in [0, 0.1) is 11.3 Å². The van der Waals surface area contributed by atoms with Crippen LogP contribution in [-0.2, 0) is 27.1 Å².